The van der Waals surface area contributed by atoms with Gasteiger partial charge in [0.2, 0.25) is 0 Å². The van der Waals surface area contributed by atoms with Crippen LogP contribution in [-0.4, -0.2) is 5.11 Å². The summed E-state index contributed by atoms with van der Waals surface area (Å²) < 4.78 is 0. The maximum absolute atomic E-state index is 9.34. The first-order valence-electron chi connectivity index (χ1n) is 8.49. The summed E-state index contributed by atoms with van der Waals surface area (Å²) in [5.74, 6) is 0. The molecule has 0 atom stereocenters. The molecule has 0 fully saturated rings. The van der Waals surface area contributed by atoms with E-state index in [4.69, 9.17) is 5.73 Å². The van der Waals surface area contributed by atoms with Crippen LogP contribution in [0, 0.1) is 20.8 Å². The van der Waals surface area contributed by atoms with Crippen LogP contribution in [0.5, 0.6) is 0 Å². The van der Waals surface area contributed by atoms with Crippen molar-refractivity contribution in [3.63, 3.8) is 0 Å². The predicted octanol–water partition coefficient (Wildman–Crippen LogP) is 5.79. The van der Waals surface area contributed by atoms with Gasteiger partial charge in [-0.3, -0.25) is 0 Å². The summed E-state index contributed by atoms with van der Waals surface area (Å²) in [5.41, 5.74) is 12.1. The molecule has 3 aromatic carbocycles. The largest absolute Gasteiger partial charge is 0.399 e. The zero-order chi connectivity index (χ0) is 18.9. The highest BCUT2D eigenvalue weighted by Crippen LogP contribution is 2.25. The van der Waals surface area contributed by atoms with Gasteiger partial charge in [-0.1, -0.05) is 36.4 Å². The third-order valence-electron chi connectivity index (χ3n) is 3.86. The van der Waals surface area contributed by atoms with E-state index >= 15 is 0 Å². The minimum absolute atomic E-state index is 0.0190. The lowest BCUT2D eigenvalue weighted by atomic mass is 10.1. The van der Waals surface area contributed by atoms with Gasteiger partial charge in [-0.15, -0.1) is 0 Å². The smallest absolute Gasteiger partial charge is 0.0914 e. The summed E-state index contributed by atoms with van der Waals surface area (Å²) in [4.78, 5) is 0. The van der Waals surface area contributed by atoms with Crippen molar-refractivity contribution < 1.29 is 5.11 Å². The average molecular weight is 347 g/mol. The van der Waals surface area contributed by atoms with Crippen LogP contribution in [-0.2, 0) is 6.61 Å². The van der Waals surface area contributed by atoms with Crippen molar-refractivity contribution in [3.05, 3.63) is 89.0 Å². The lowest BCUT2D eigenvalue weighted by Crippen LogP contribution is -1.88. The number of hydrogen-bond donors (Lipinski definition) is 2. The summed E-state index contributed by atoms with van der Waals surface area (Å²) in [7, 11) is 0. The molecule has 0 aliphatic rings. The minimum atomic E-state index is -0.0190. The predicted molar refractivity (Wildman–Crippen MR) is 108 cm³/mol. The first-order valence-corrected chi connectivity index (χ1v) is 8.49. The number of nitrogens with two attached hydrogens (primary N) is 1. The molecule has 3 rings (SSSR count). The lowest BCUT2D eigenvalue weighted by Gasteiger charge is -2.04. The molecule has 0 aromatic heterocycles. The van der Waals surface area contributed by atoms with E-state index in [0.717, 1.165) is 33.8 Å². The van der Waals surface area contributed by atoms with Crippen LogP contribution in [0.2, 0.25) is 0 Å². The first kappa shape index (κ1) is 19.3. The van der Waals surface area contributed by atoms with Crippen molar-refractivity contribution in [1.29, 1.82) is 0 Å². The standard InChI is InChI=1S/C15H16N2O.C7H9N/c1-11-5-3-7-13(9-11)16-17-15-8-4-6-12(2)14(15)10-18;1-6-3-2-4-7(8)5-6/h3-9,18H,10H2,1-2H3;2-5H,8H2,1H3. The van der Waals surface area contributed by atoms with Crippen LogP contribution >= 0.6 is 0 Å². The number of anilines is 1. The van der Waals surface area contributed by atoms with Crippen LogP contribution in [0.15, 0.2) is 77.0 Å². The van der Waals surface area contributed by atoms with E-state index < -0.39 is 0 Å². The third kappa shape index (κ3) is 5.83. The number of aryl methyl sites for hydroxylation is 3. The highest BCUT2D eigenvalue weighted by molar-refractivity contribution is 5.50. The van der Waals surface area contributed by atoms with Crippen molar-refractivity contribution in [2.45, 2.75) is 27.4 Å². The maximum Gasteiger partial charge on any atom is 0.0914 e. The number of hydrogen-bond acceptors (Lipinski definition) is 4. The fraction of sp³-hybridized carbons (Fsp3) is 0.182. The molecule has 3 N–H and O–H groups in total. The molecular formula is C22H25N3O. The normalized spacial score (nSPS) is 10.5. The van der Waals surface area contributed by atoms with E-state index in [2.05, 4.69) is 10.2 Å². The van der Waals surface area contributed by atoms with Gasteiger partial charge in [-0.25, -0.2) is 0 Å². The molecule has 0 aliphatic heterocycles. The summed E-state index contributed by atoms with van der Waals surface area (Å²) in [6.45, 7) is 5.98. The van der Waals surface area contributed by atoms with E-state index in [-0.39, 0.29) is 6.61 Å². The Hall–Kier alpha value is -2.98. The van der Waals surface area contributed by atoms with Gasteiger partial charge >= 0.3 is 0 Å². The molecule has 0 spiro atoms. The fourth-order valence-electron chi connectivity index (χ4n) is 2.46. The number of rotatable bonds is 3. The van der Waals surface area contributed by atoms with Gasteiger partial charge in [-0.05, 0) is 67.8 Å². The molecule has 0 radical (unpaired) electrons. The number of azo groups is 1. The Bertz CT molecular complexity index is 871. The van der Waals surface area contributed by atoms with E-state index in [1.807, 2.05) is 87.5 Å². The Balaban J connectivity index is 0.000000254. The molecule has 134 valence electrons. The van der Waals surface area contributed by atoms with Crippen LogP contribution in [0.1, 0.15) is 22.3 Å². The minimum Gasteiger partial charge on any atom is -0.399 e. The van der Waals surface area contributed by atoms with E-state index in [9.17, 15) is 5.11 Å². The van der Waals surface area contributed by atoms with Crippen molar-refractivity contribution in [3.8, 4) is 0 Å². The van der Waals surface area contributed by atoms with Gasteiger partial charge in [0.05, 0.1) is 18.0 Å². The second kappa shape index (κ2) is 9.49. The molecule has 4 heteroatoms. The van der Waals surface area contributed by atoms with Crippen LogP contribution in [0.4, 0.5) is 17.1 Å². The summed E-state index contributed by atoms with van der Waals surface area (Å²) >= 11 is 0. The molecule has 0 saturated carbocycles. The van der Waals surface area contributed by atoms with E-state index in [1.165, 1.54) is 5.56 Å². The maximum atomic E-state index is 9.34. The molecule has 0 heterocycles. The van der Waals surface area contributed by atoms with E-state index in [1.54, 1.807) is 0 Å². The second-order valence-electron chi connectivity index (χ2n) is 6.18. The molecule has 26 heavy (non-hydrogen) atoms. The Kier molecular flexibility index (Phi) is 7.06. The molecule has 0 saturated heterocycles. The zero-order valence-electron chi connectivity index (χ0n) is 15.5. The molecule has 4 nitrogen and oxygen atoms in total. The number of aliphatic hydroxyl groups is 1. The quantitative estimate of drug-likeness (QED) is 0.465. The van der Waals surface area contributed by atoms with Gasteiger partial charge in [0.1, 0.15) is 0 Å². The van der Waals surface area contributed by atoms with E-state index in [0.29, 0.717) is 0 Å². The number of benzene rings is 3. The van der Waals surface area contributed by atoms with Crippen molar-refractivity contribution in [2.75, 3.05) is 5.73 Å². The number of aliphatic hydroxyl groups excluding tert-OH is 1. The monoisotopic (exact) mass is 347 g/mol. The number of nitrogen functional groups attached to an aromatic ring is 1. The van der Waals surface area contributed by atoms with Crippen LogP contribution in [0.25, 0.3) is 0 Å². The molecule has 3 aromatic rings. The highest BCUT2D eigenvalue weighted by Gasteiger charge is 2.03. The van der Waals surface area contributed by atoms with Crippen molar-refractivity contribution in [2.24, 2.45) is 10.2 Å². The highest BCUT2D eigenvalue weighted by atomic mass is 16.3. The zero-order valence-corrected chi connectivity index (χ0v) is 15.5. The van der Waals surface area contributed by atoms with Crippen LogP contribution < -0.4 is 5.73 Å². The lowest BCUT2D eigenvalue weighted by molar-refractivity contribution is 0.281. The Labute approximate surface area is 155 Å². The van der Waals surface area contributed by atoms with Gasteiger partial charge in [0.25, 0.3) is 0 Å². The van der Waals surface area contributed by atoms with Gasteiger partial charge in [0.15, 0.2) is 0 Å². The van der Waals surface area contributed by atoms with Gasteiger partial charge < -0.3 is 10.8 Å². The Morgan fingerprint density at radius 1 is 0.808 bits per heavy atom. The van der Waals surface area contributed by atoms with Crippen LogP contribution in [0.3, 0.4) is 0 Å². The first-order chi connectivity index (χ1) is 12.5. The summed E-state index contributed by atoms with van der Waals surface area (Å²) in [5, 5.41) is 17.8. The molecular weight excluding hydrogens is 322 g/mol. The number of nitrogens with zero attached hydrogens (tertiary/aromatic N) is 2. The molecule has 0 unspecified atom stereocenters. The van der Waals surface area contributed by atoms with Gasteiger partial charge in [0, 0.05) is 11.3 Å². The van der Waals surface area contributed by atoms with Crippen molar-refractivity contribution >= 4 is 17.1 Å². The molecule has 0 bridgehead atoms. The second-order valence-corrected chi connectivity index (χ2v) is 6.18. The Morgan fingerprint density at radius 3 is 2.04 bits per heavy atom. The fourth-order valence-corrected chi connectivity index (χ4v) is 2.46. The van der Waals surface area contributed by atoms with Gasteiger partial charge in [-0.2, -0.15) is 10.2 Å². The van der Waals surface area contributed by atoms with Crippen molar-refractivity contribution in [1.82, 2.24) is 0 Å². The summed E-state index contributed by atoms with van der Waals surface area (Å²) in [6.07, 6.45) is 0. The topological polar surface area (TPSA) is 71.0 Å². The molecule has 0 amide bonds. The summed E-state index contributed by atoms with van der Waals surface area (Å²) in [6, 6.07) is 21.4. The average Bonchev–Trinajstić information content (AvgIpc) is 2.60. The molecule has 0 aliphatic carbocycles. The SMILES string of the molecule is Cc1cccc(N)c1.Cc1cccc(N=Nc2cccc(C)c2CO)c1. The Morgan fingerprint density at radius 2 is 1.46 bits per heavy atom. The third-order valence-corrected chi connectivity index (χ3v) is 3.86.